The molecular formula is C19H15N3. The van der Waals surface area contributed by atoms with Crippen molar-refractivity contribution in [2.24, 2.45) is 0 Å². The highest BCUT2D eigenvalue weighted by Gasteiger charge is 2.09. The third-order valence-electron chi connectivity index (χ3n) is 3.93. The van der Waals surface area contributed by atoms with Gasteiger partial charge in [-0.25, -0.2) is 9.97 Å². The van der Waals surface area contributed by atoms with Gasteiger partial charge in [-0.1, -0.05) is 60.2 Å². The number of aryl methyl sites for hydroxylation is 1. The normalized spacial score (nSPS) is 11.1. The molecule has 2 N–H and O–H groups in total. The zero-order chi connectivity index (χ0) is 15.1. The van der Waals surface area contributed by atoms with Gasteiger partial charge < -0.3 is 5.73 Å². The Morgan fingerprint density at radius 2 is 1.55 bits per heavy atom. The molecule has 0 unspecified atom stereocenters. The highest BCUT2D eigenvalue weighted by atomic mass is 14.9. The summed E-state index contributed by atoms with van der Waals surface area (Å²) in [6.07, 6.45) is 0. The molecule has 1 heterocycles. The number of hydrogen-bond acceptors (Lipinski definition) is 3. The molecule has 22 heavy (non-hydrogen) atoms. The highest BCUT2D eigenvalue weighted by Crippen LogP contribution is 2.29. The fourth-order valence-corrected chi connectivity index (χ4v) is 2.72. The molecule has 0 radical (unpaired) electrons. The maximum Gasteiger partial charge on any atom is 0.162 e. The molecule has 0 fully saturated rings. The van der Waals surface area contributed by atoms with E-state index in [9.17, 15) is 0 Å². The van der Waals surface area contributed by atoms with Crippen LogP contribution >= 0.6 is 0 Å². The zero-order valence-electron chi connectivity index (χ0n) is 12.2. The number of hydrogen-bond donors (Lipinski definition) is 1. The Kier molecular flexibility index (Phi) is 2.79. The van der Waals surface area contributed by atoms with E-state index in [1.807, 2.05) is 30.3 Å². The number of nitrogen functional groups attached to an aromatic ring is 1. The van der Waals surface area contributed by atoms with Crippen LogP contribution in [0.3, 0.4) is 0 Å². The van der Waals surface area contributed by atoms with Gasteiger partial charge in [-0.2, -0.15) is 0 Å². The molecule has 3 nitrogen and oxygen atoms in total. The number of fused-ring (bicyclic) bond motifs is 3. The van der Waals surface area contributed by atoms with Gasteiger partial charge in [0.05, 0.1) is 5.52 Å². The van der Waals surface area contributed by atoms with Crippen molar-refractivity contribution in [3.63, 3.8) is 0 Å². The lowest BCUT2D eigenvalue weighted by molar-refractivity contribution is 1.24. The molecule has 0 atom stereocenters. The minimum atomic E-state index is 0.520. The van der Waals surface area contributed by atoms with Crippen molar-refractivity contribution in [1.29, 1.82) is 0 Å². The quantitative estimate of drug-likeness (QED) is 0.529. The molecule has 0 spiro atoms. The maximum atomic E-state index is 6.16. The summed E-state index contributed by atoms with van der Waals surface area (Å²) in [6.45, 7) is 2.06. The van der Waals surface area contributed by atoms with Crippen molar-refractivity contribution in [2.45, 2.75) is 6.92 Å². The van der Waals surface area contributed by atoms with E-state index in [4.69, 9.17) is 10.7 Å². The number of nitrogens with two attached hydrogens (primary N) is 1. The van der Waals surface area contributed by atoms with Crippen LogP contribution in [0.15, 0.2) is 60.7 Å². The molecule has 4 aromatic rings. The second kappa shape index (κ2) is 4.81. The first-order chi connectivity index (χ1) is 10.7. The van der Waals surface area contributed by atoms with E-state index in [0.29, 0.717) is 11.6 Å². The summed E-state index contributed by atoms with van der Waals surface area (Å²) in [5, 5.41) is 3.15. The van der Waals surface area contributed by atoms with Gasteiger partial charge in [0.2, 0.25) is 0 Å². The summed E-state index contributed by atoms with van der Waals surface area (Å²) in [6, 6.07) is 20.4. The lowest BCUT2D eigenvalue weighted by atomic mass is 10.1. The molecule has 0 aliphatic rings. The van der Waals surface area contributed by atoms with Crippen molar-refractivity contribution in [1.82, 2.24) is 9.97 Å². The largest absolute Gasteiger partial charge is 0.383 e. The topological polar surface area (TPSA) is 51.8 Å². The highest BCUT2D eigenvalue weighted by molar-refractivity contribution is 6.08. The predicted molar refractivity (Wildman–Crippen MR) is 91.6 cm³/mol. The molecule has 0 bridgehead atoms. The van der Waals surface area contributed by atoms with Crippen LogP contribution in [0.1, 0.15) is 5.56 Å². The minimum absolute atomic E-state index is 0.520. The van der Waals surface area contributed by atoms with Crippen molar-refractivity contribution in [3.8, 4) is 11.4 Å². The van der Waals surface area contributed by atoms with E-state index in [1.165, 1.54) is 5.56 Å². The summed E-state index contributed by atoms with van der Waals surface area (Å²) in [5.41, 5.74) is 9.26. The van der Waals surface area contributed by atoms with Gasteiger partial charge >= 0.3 is 0 Å². The van der Waals surface area contributed by atoms with Crippen LogP contribution in [0.5, 0.6) is 0 Å². The Balaban J connectivity index is 2.05. The fraction of sp³-hybridized carbons (Fsp3) is 0.0526. The van der Waals surface area contributed by atoms with Gasteiger partial charge in [-0.15, -0.1) is 0 Å². The second-order valence-electron chi connectivity index (χ2n) is 5.48. The van der Waals surface area contributed by atoms with E-state index in [0.717, 1.165) is 27.2 Å². The number of rotatable bonds is 1. The Bertz CT molecular complexity index is 989. The third-order valence-corrected chi connectivity index (χ3v) is 3.93. The first-order valence-corrected chi connectivity index (χ1v) is 7.24. The van der Waals surface area contributed by atoms with E-state index in [2.05, 4.69) is 42.2 Å². The smallest absolute Gasteiger partial charge is 0.162 e. The molecule has 0 aliphatic carbocycles. The van der Waals surface area contributed by atoms with E-state index >= 15 is 0 Å². The molecule has 0 saturated carbocycles. The van der Waals surface area contributed by atoms with Crippen LogP contribution in [-0.2, 0) is 0 Å². The third kappa shape index (κ3) is 1.99. The molecule has 3 heteroatoms. The van der Waals surface area contributed by atoms with E-state index < -0.39 is 0 Å². The van der Waals surface area contributed by atoms with Crippen molar-refractivity contribution >= 4 is 27.5 Å². The average molecular weight is 285 g/mol. The molecule has 0 amide bonds. The summed E-state index contributed by atoms with van der Waals surface area (Å²) in [5.74, 6) is 1.19. The monoisotopic (exact) mass is 285 g/mol. The Labute approximate surface area is 128 Å². The molecule has 0 aliphatic heterocycles. The van der Waals surface area contributed by atoms with Gasteiger partial charge in [0, 0.05) is 16.3 Å². The molecule has 4 rings (SSSR count). The Hall–Kier alpha value is -2.94. The van der Waals surface area contributed by atoms with Gasteiger partial charge in [-0.05, 0) is 18.4 Å². The number of anilines is 1. The zero-order valence-corrected chi connectivity index (χ0v) is 12.2. The molecule has 3 aromatic carbocycles. The van der Waals surface area contributed by atoms with Crippen molar-refractivity contribution in [2.75, 3.05) is 5.73 Å². The summed E-state index contributed by atoms with van der Waals surface area (Å²) < 4.78 is 0. The predicted octanol–water partition coefficient (Wildman–Crippen LogP) is 4.34. The summed E-state index contributed by atoms with van der Waals surface area (Å²) >= 11 is 0. The Morgan fingerprint density at radius 3 is 2.36 bits per heavy atom. The number of nitrogens with zero attached hydrogens (tertiary/aromatic N) is 2. The summed E-state index contributed by atoms with van der Waals surface area (Å²) in [7, 11) is 0. The molecular weight excluding hydrogens is 270 g/mol. The second-order valence-corrected chi connectivity index (χ2v) is 5.48. The minimum Gasteiger partial charge on any atom is -0.383 e. The van der Waals surface area contributed by atoms with E-state index in [1.54, 1.807) is 0 Å². The van der Waals surface area contributed by atoms with Crippen LogP contribution in [0.4, 0.5) is 5.82 Å². The van der Waals surface area contributed by atoms with Gasteiger partial charge in [0.1, 0.15) is 5.82 Å². The van der Waals surface area contributed by atoms with Crippen LogP contribution in [0.25, 0.3) is 33.1 Å². The van der Waals surface area contributed by atoms with Gasteiger partial charge in [0.25, 0.3) is 0 Å². The summed E-state index contributed by atoms with van der Waals surface area (Å²) in [4.78, 5) is 9.25. The lowest BCUT2D eigenvalue weighted by Crippen LogP contribution is -1.98. The SMILES string of the molecule is Cc1ccc(-c2nc(N)c3ccc4ccccc4c3n2)cc1. The lowest BCUT2D eigenvalue weighted by Gasteiger charge is -2.08. The Morgan fingerprint density at radius 1 is 0.773 bits per heavy atom. The van der Waals surface area contributed by atoms with Gasteiger partial charge in [0.15, 0.2) is 5.82 Å². The molecule has 106 valence electrons. The van der Waals surface area contributed by atoms with Crippen LogP contribution < -0.4 is 5.73 Å². The molecule has 0 saturated heterocycles. The van der Waals surface area contributed by atoms with Gasteiger partial charge in [-0.3, -0.25) is 0 Å². The average Bonchev–Trinajstić information content (AvgIpc) is 2.55. The maximum absolute atomic E-state index is 6.16. The fourth-order valence-electron chi connectivity index (χ4n) is 2.72. The van der Waals surface area contributed by atoms with Crippen molar-refractivity contribution in [3.05, 3.63) is 66.2 Å². The first kappa shape index (κ1) is 12.8. The number of aromatic nitrogens is 2. The number of benzene rings is 3. The van der Waals surface area contributed by atoms with Crippen molar-refractivity contribution < 1.29 is 0 Å². The van der Waals surface area contributed by atoms with Crippen LogP contribution in [0, 0.1) is 6.92 Å². The van der Waals surface area contributed by atoms with Crippen LogP contribution in [-0.4, -0.2) is 9.97 Å². The first-order valence-electron chi connectivity index (χ1n) is 7.24. The standard InChI is InChI=1S/C19H15N3/c1-12-6-8-14(9-7-12)19-21-17-15-5-3-2-4-13(15)10-11-16(17)18(20)22-19/h2-11H,1H3,(H2,20,21,22). The molecule has 1 aromatic heterocycles. The van der Waals surface area contributed by atoms with Crippen LogP contribution in [0.2, 0.25) is 0 Å². The van der Waals surface area contributed by atoms with E-state index in [-0.39, 0.29) is 0 Å².